The molecule has 0 aliphatic carbocycles. The lowest BCUT2D eigenvalue weighted by Crippen LogP contribution is -2.34. The van der Waals surface area contributed by atoms with Crippen molar-refractivity contribution in [3.63, 3.8) is 0 Å². The van der Waals surface area contributed by atoms with Crippen molar-refractivity contribution in [2.24, 2.45) is 0 Å². The van der Waals surface area contributed by atoms with Crippen molar-refractivity contribution < 1.29 is 14.3 Å². The Kier molecular flexibility index (Phi) is 7.11. The van der Waals surface area contributed by atoms with E-state index in [4.69, 9.17) is 9.47 Å². The minimum Gasteiger partial charge on any atom is -0.493 e. The number of rotatable bonds is 9. The highest BCUT2D eigenvalue weighted by Gasteiger charge is 2.05. The van der Waals surface area contributed by atoms with E-state index in [0.29, 0.717) is 19.6 Å². The van der Waals surface area contributed by atoms with E-state index in [2.05, 4.69) is 10.6 Å². The smallest absolute Gasteiger partial charge is 0.234 e. The first-order valence-electron chi connectivity index (χ1n) is 7.95. The van der Waals surface area contributed by atoms with Gasteiger partial charge >= 0.3 is 0 Å². The van der Waals surface area contributed by atoms with Gasteiger partial charge in [-0.1, -0.05) is 36.4 Å². The first-order chi connectivity index (χ1) is 11.7. The number of carbonyl (C=O) groups is 1. The average Bonchev–Trinajstić information content (AvgIpc) is 2.64. The molecule has 0 aliphatic rings. The summed E-state index contributed by atoms with van der Waals surface area (Å²) in [5.74, 6) is 1.43. The van der Waals surface area contributed by atoms with Crippen molar-refractivity contribution >= 4 is 5.91 Å². The van der Waals surface area contributed by atoms with Gasteiger partial charge in [0.15, 0.2) is 11.5 Å². The number of hydrogen-bond donors (Lipinski definition) is 2. The van der Waals surface area contributed by atoms with Crippen LogP contribution in [0.5, 0.6) is 11.5 Å². The van der Waals surface area contributed by atoms with Gasteiger partial charge in [0.05, 0.1) is 20.8 Å². The minimum absolute atomic E-state index is 0.00818. The highest BCUT2D eigenvalue weighted by Crippen LogP contribution is 2.27. The Morgan fingerprint density at radius 3 is 2.42 bits per heavy atom. The van der Waals surface area contributed by atoms with Crippen molar-refractivity contribution in [1.82, 2.24) is 10.6 Å². The van der Waals surface area contributed by atoms with Gasteiger partial charge < -0.3 is 20.1 Å². The van der Waals surface area contributed by atoms with E-state index < -0.39 is 0 Å². The fourth-order valence-corrected chi connectivity index (χ4v) is 2.33. The minimum atomic E-state index is -0.00818. The molecular weight excluding hydrogens is 304 g/mol. The van der Waals surface area contributed by atoms with Gasteiger partial charge in [-0.05, 0) is 36.2 Å². The lowest BCUT2D eigenvalue weighted by molar-refractivity contribution is -0.120. The molecule has 2 N–H and O–H groups in total. The second-order valence-electron chi connectivity index (χ2n) is 5.38. The summed E-state index contributed by atoms with van der Waals surface area (Å²) in [5, 5.41) is 6.04. The van der Waals surface area contributed by atoms with E-state index in [1.807, 2.05) is 48.5 Å². The zero-order valence-electron chi connectivity index (χ0n) is 14.2. The normalized spacial score (nSPS) is 10.2. The van der Waals surface area contributed by atoms with Crippen molar-refractivity contribution in [1.29, 1.82) is 0 Å². The molecule has 0 aliphatic heterocycles. The molecule has 0 saturated heterocycles. The van der Waals surface area contributed by atoms with Crippen LogP contribution in [0, 0.1) is 0 Å². The second-order valence-corrected chi connectivity index (χ2v) is 5.38. The lowest BCUT2D eigenvalue weighted by Gasteiger charge is -2.10. The molecule has 2 aromatic rings. The molecule has 0 saturated carbocycles. The van der Waals surface area contributed by atoms with Gasteiger partial charge in [-0.15, -0.1) is 0 Å². The molecule has 2 aromatic carbocycles. The SMILES string of the molecule is COc1ccc(CCNCC(=O)NCc2ccccc2)cc1OC. The second kappa shape index (κ2) is 9.57. The fourth-order valence-electron chi connectivity index (χ4n) is 2.33. The molecule has 128 valence electrons. The van der Waals surface area contributed by atoms with Crippen LogP contribution in [-0.2, 0) is 17.8 Å². The monoisotopic (exact) mass is 328 g/mol. The number of ether oxygens (including phenoxy) is 2. The molecule has 0 unspecified atom stereocenters. The number of amides is 1. The van der Waals surface area contributed by atoms with E-state index in [9.17, 15) is 4.79 Å². The summed E-state index contributed by atoms with van der Waals surface area (Å²) in [4.78, 5) is 11.8. The van der Waals surface area contributed by atoms with Crippen molar-refractivity contribution in [2.45, 2.75) is 13.0 Å². The third-order valence-corrected chi connectivity index (χ3v) is 3.66. The number of carbonyl (C=O) groups excluding carboxylic acids is 1. The predicted molar refractivity (Wildman–Crippen MR) is 94.4 cm³/mol. The van der Waals surface area contributed by atoms with Gasteiger partial charge in [-0.3, -0.25) is 4.79 Å². The van der Waals surface area contributed by atoms with Crippen molar-refractivity contribution in [3.05, 3.63) is 59.7 Å². The Bertz CT molecular complexity index is 644. The van der Waals surface area contributed by atoms with Crippen LogP contribution in [0.2, 0.25) is 0 Å². The van der Waals surface area contributed by atoms with Gasteiger partial charge in [-0.2, -0.15) is 0 Å². The molecular formula is C19H24N2O3. The molecule has 5 heteroatoms. The van der Waals surface area contributed by atoms with Gasteiger partial charge in [0.1, 0.15) is 0 Å². The molecule has 0 heterocycles. The Morgan fingerprint density at radius 1 is 0.958 bits per heavy atom. The third kappa shape index (κ3) is 5.59. The topological polar surface area (TPSA) is 59.6 Å². The Balaban J connectivity index is 1.68. The molecule has 0 radical (unpaired) electrons. The van der Waals surface area contributed by atoms with Crippen LogP contribution in [0.3, 0.4) is 0 Å². The van der Waals surface area contributed by atoms with Gasteiger partial charge in [0.2, 0.25) is 5.91 Å². The van der Waals surface area contributed by atoms with Crippen LogP contribution in [0.4, 0.5) is 0 Å². The maximum Gasteiger partial charge on any atom is 0.234 e. The van der Waals surface area contributed by atoms with E-state index in [1.165, 1.54) is 0 Å². The average molecular weight is 328 g/mol. The molecule has 0 fully saturated rings. The van der Waals surface area contributed by atoms with Crippen LogP contribution in [0.25, 0.3) is 0 Å². The van der Waals surface area contributed by atoms with E-state index in [0.717, 1.165) is 29.0 Å². The quantitative estimate of drug-likeness (QED) is 0.693. The summed E-state index contributed by atoms with van der Waals surface area (Å²) in [6, 6.07) is 15.7. The van der Waals surface area contributed by atoms with Gasteiger partial charge in [0.25, 0.3) is 0 Å². The highest BCUT2D eigenvalue weighted by atomic mass is 16.5. The van der Waals surface area contributed by atoms with Crippen LogP contribution in [0.1, 0.15) is 11.1 Å². The summed E-state index contributed by atoms with van der Waals surface area (Å²) in [7, 11) is 3.24. The molecule has 0 aromatic heterocycles. The highest BCUT2D eigenvalue weighted by molar-refractivity contribution is 5.77. The Morgan fingerprint density at radius 2 is 1.71 bits per heavy atom. The lowest BCUT2D eigenvalue weighted by atomic mass is 10.1. The first-order valence-corrected chi connectivity index (χ1v) is 7.95. The summed E-state index contributed by atoms with van der Waals surface area (Å²) in [6.45, 7) is 1.57. The van der Waals surface area contributed by atoms with Crippen molar-refractivity contribution in [3.8, 4) is 11.5 Å². The first kappa shape index (κ1) is 17.8. The fraction of sp³-hybridized carbons (Fsp3) is 0.316. The molecule has 0 bridgehead atoms. The van der Waals surface area contributed by atoms with Crippen LogP contribution in [-0.4, -0.2) is 33.2 Å². The number of hydrogen-bond acceptors (Lipinski definition) is 4. The molecule has 2 rings (SSSR count). The molecule has 5 nitrogen and oxygen atoms in total. The Labute approximate surface area is 143 Å². The Hall–Kier alpha value is -2.53. The molecule has 0 atom stereocenters. The third-order valence-electron chi connectivity index (χ3n) is 3.66. The summed E-state index contributed by atoms with van der Waals surface area (Å²) in [6.07, 6.45) is 0.812. The molecule has 24 heavy (non-hydrogen) atoms. The van der Waals surface area contributed by atoms with Crippen LogP contribution in [0.15, 0.2) is 48.5 Å². The maximum atomic E-state index is 11.8. The maximum absolute atomic E-state index is 11.8. The zero-order chi connectivity index (χ0) is 17.2. The van der Waals surface area contributed by atoms with Crippen molar-refractivity contribution in [2.75, 3.05) is 27.3 Å². The number of methoxy groups -OCH3 is 2. The summed E-state index contributed by atoms with van der Waals surface area (Å²) in [5.41, 5.74) is 2.22. The predicted octanol–water partition coefficient (Wildman–Crippen LogP) is 2.15. The summed E-state index contributed by atoms with van der Waals surface area (Å²) < 4.78 is 10.5. The van der Waals surface area contributed by atoms with Gasteiger partial charge in [0, 0.05) is 6.54 Å². The van der Waals surface area contributed by atoms with E-state index in [-0.39, 0.29) is 5.91 Å². The van der Waals surface area contributed by atoms with E-state index in [1.54, 1.807) is 14.2 Å². The van der Waals surface area contributed by atoms with Crippen LogP contribution >= 0.6 is 0 Å². The standard InChI is InChI=1S/C19H24N2O3/c1-23-17-9-8-15(12-18(17)24-2)10-11-20-14-19(22)21-13-16-6-4-3-5-7-16/h3-9,12,20H,10-11,13-14H2,1-2H3,(H,21,22). The van der Waals surface area contributed by atoms with Gasteiger partial charge in [-0.25, -0.2) is 0 Å². The number of benzene rings is 2. The largest absolute Gasteiger partial charge is 0.493 e. The number of nitrogens with one attached hydrogen (secondary N) is 2. The van der Waals surface area contributed by atoms with E-state index >= 15 is 0 Å². The van der Waals surface area contributed by atoms with Crippen LogP contribution < -0.4 is 20.1 Å². The molecule has 0 spiro atoms. The molecule has 1 amide bonds. The zero-order valence-corrected chi connectivity index (χ0v) is 14.2. The summed E-state index contributed by atoms with van der Waals surface area (Å²) >= 11 is 0.